The smallest absolute Gasteiger partial charge is 0.428 e. The molecule has 0 radical (unpaired) electrons. The first-order valence-corrected chi connectivity index (χ1v) is 6.91. The monoisotopic (exact) mass is 296 g/mol. The van der Waals surface area contributed by atoms with E-state index in [4.69, 9.17) is 4.74 Å². The average Bonchev–Trinajstić information content (AvgIpc) is 2.26. The zero-order valence-corrected chi connectivity index (χ0v) is 12.4. The number of aliphatic hydroxyl groups is 1. The van der Waals surface area contributed by atoms with Gasteiger partial charge in [0.05, 0.1) is 11.5 Å². The van der Waals surface area contributed by atoms with Crippen LogP contribution in [0.5, 0.6) is 0 Å². The van der Waals surface area contributed by atoms with Gasteiger partial charge in [-0.25, -0.2) is 0 Å². The van der Waals surface area contributed by atoms with Gasteiger partial charge in [-0.2, -0.15) is 13.2 Å². The quantitative estimate of drug-likeness (QED) is 0.811. The first-order valence-electron chi connectivity index (χ1n) is 6.91. The molecule has 0 aromatic carbocycles. The third-order valence-electron chi connectivity index (χ3n) is 4.19. The van der Waals surface area contributed by atoms with Crippen molar-refractivity contribution in [1.82, 2.24) is 0 Å². The van der Waals surface area contributed by atoms with Crippen LogP contribution in [0.3, 0.4) is 0 Å². The number of halogens is 3. The second-order valence-electron chi connectivity index (χ2n) is 6.45. The van der Waals surface area contributed by atoms with Gasteiger partial charge in [0.1, 0.15) is 0 Å². The van der Waals surface area contributed by atoms with Crippen LogP contribution in [0.15, 0.2) is 0 Å². The predicted octanol–water partition coefficient (Wildman–Crippen LogP) is 3.45. The van der Waals surface area contributed by atoms with E-state index in [1.165, 1.54) is 13.8 Å². The van der Waals surface area contributed by atoms with Crippen molar-refractivity contribution in [2.24, 2.45) is 11.8 Å². The number of rotatable bonds is 3. The van der Waals surface area contributed by atoms with Crippen LogP contribution < -0.4 is 0 Å². The highest BCUT2D eigenvalue weighted by atomic mass is 19.4. The largest absolute Gasteiger partial charge is 0.449 e. The first kappa shape index (κ1) is 17.3. The Morgan fingerprint density at radius 3 is 2.10 bits per heavy atom. The highest BCUT2D eigenvalue weighted by Crippen LogP contribution is 2.47. The van der Waals surface area contributed by atoms with Crippen molar-refractivity contribution >= 4 is 5.97 Å². The molecule has 0 amide bonds. The topological polar surface area (TPSA) is 46.5 Å². The summed E-state index contributed by atoms with van der Waals surface area (Å²) < 4.78 is 44.9. The average molecular weight is 296 g/mol. The summed E-state index contributed by atoms with van der Waals surface area (Å²) in [5.74, 6) is -2.27. The molecule has 1 aliphatic rings. The molecule has 1 atom stereocenters. The molecular formula is C14H23F3O3. The Morgan fingerprint density at radius 2 is 1.75 bits per heavy atom. The van der Waals surface area contributed by atoms with Gasteiger partial charge < -0.3 is 9.84 Å². The van der Waals surface area contributed by atoms with E-state index in [9.17, 15) is 23.1 Å². The number of hydrogen-bond donors (Lipinski definition) is 1. The minimum absolute atomic E-state index is 0.189. The van der Waals surface area contributed by atoms with E-state index in [1.807, 2.05) is 0 Å². The van der Waals surface area contributed by atoms with Crippen LogP contribution >= 0.6 is 0 Å². The molecule has 0 aromatic rings. The van der Waals surface area contributed by atoms with Crippen molar-refractivity contribution in [2.75, 3.05) is 0 Å². The van der Waals surface area contributed by atoms with E-state index in [1.54, 1.807) is 6.92 Å². The number of esters is 1. The van der Waals surface area contributed by atoms with Crippen molar-refractivity contribution < 1.29 is 27.8 Å². The fourth-order valence-corrected chi connectivity index (χ4v) is 2.49. The summed E-state index contributed by atoms with van der Waals surface area (Å²) in [6.07, 6.45) is -3.68. The van der Waals surface area contributed by atoms with Crippen molar-refractivity contribution in [3.05, 3.63) is 0 Å². The molecule has 0 aliphatic heterocycles. The van der Waals surface area contributed by atoms with Crippen LogP contribution in [-0.2, 0) is 9.53 Å². The van der Waals surface area contributed by atoms with Crippen molar-refractivity contribution in [3.8, 4) is 0 Å². The zero-order valence-electron chi connectivity index (χ0n) is 12.4. The fourth-order valence-electron chi connectivity index (χ4n) is 2.49. The van der Waals surface area contributed by atoms with Crippen molar-refractivity contribution in [1.29, 1.82) is 0 Å². The number of carbonyl (C=O) groups excluding carboxylic acids is 1. The third-order valence-corrected chi connectivity index (χ3v) is 4.19. The van der Waals surface area contributed by atoms with Crippen LogP contribution in [-0.4, -0.2) is 28.5 Å². The SMILES string of the molecule is CC(C)C(=O)OC(C)([C@H]1CC[C@](C)(O)CC1)C(F)(F)F. The third kappa shape index (κ3) is 3.65. The maximum atomic E-state index is 13.4. The number of carbonyl (C=O) groups is 1. The van der Waals surface area contributed by atoms with Gasteiger partial charge in [-0.05, 0) is 39.5 Å². The lowest BCUT2D eigenvalue weighted by Gasteiger charge is -2.43. The summed E-state index contributed by atoms with van der Waals surface area (Å²) >= 11 is 0. The van der Waals surface area contributed by atoms with E-state index in [2.05, 4.69) is 0 Å². The number of ether oxygens (including phenoxy) is 1. The molecule has 1 unspecified atom stereocenters. The van der Waals surface area contributed by atoms with Gasteiger partial charge in [-0.15, -0.1) is 0 Å². The Balaban J connectivity index is 2.93. The van der Waals surface area contributed by atoms with Gasteiger partial charge in [0, 0.05) is 5.92 Å². The summed E-state index contributed by atoms with van der Waals surface area (Å²) in [5, 5.41) is 9.84. The number of hydrogen-bond acceptors (Lipinski definition) is 3. The molecule has 1 fully saturated rings. The van der Waals surface area contributed by atoms with Crippen LogP contribution in [0.1, 0.15) is 53.4 Å². The van der Waals surface area contributed by atoms with E-state index >= 15 is 0 Å². The zero-order chi connectivity index (χ0) is 15.8. The van der Waals surface area contributed by atoms with E-state index < -0.39 is 35.2 Å². The van der Waals surface area contributed by atoms with E-state index in [0.29, 0.717) is 0 Å². The predicted molar refractivity (Wildman–Crippen MR) is 68.0 cm³/mol. The second-order valence-corrected chi connectivity index (χ2v) is 6.45. The maximum absolute atomic E-state index is 13.4. The lowest BCUT2D eigenvalue weighted by Crippen LogP contribution is -2.54. The Hall–Kier alpha value is -0.780. The molecule has 0 bridgehead atoms. The highest BCUT2D eigenvalue weighted by molar-refractivity contribution is 5.72. The summed E-state index contributed by atoms with van der Waals surface area (Å²) in [6.45, 7) is 5.57. The molecule has 0 saturated heterocycles. The minimum atomic E-state index is -4.62. The molecule has 0 aromatic heterocycles. The molecule has 0 heterocycles. The Kier molecular flexibility index (Phi) is 4.79. The summed E-state index contributed by atoms with van der Waals surface area (Å²) in [7, 11) is 0. The summed E-state index contributed by atoms with van der Waals surface area (Å²) in [4.78, 5) is 11.6. The summed E-state index contributed by atoms with van der Waals surface area (Å²) in [5.41, 5.74) is -3.41. The Bertz CT molecular complexity index is 353. The van der Waals surface area contributed by atoms with E-state index in [0.717, 1.165) is 6.92 Å². The van der Waals surface area contributed by atoms with E-state index in [-0.39, 0.29) is 25.7 Å². The Labute approximate surface area is 117 Å². The van der Waals surface area contributed by atoms with Crippen LogP contribution in [0.2, 0.25) is 0 Å². The van der Waals surface area contributed by atoms with Crippen LogP contribution in [0.25, 0.3) is 0 Å². The van der Waals surface area contributed by atoms with Gasteiger partial charge in [-0.1, -0.05) is 13.8 Å². The lowest BCUT2D eigenvalue weighted by atomic mass is 9.72. The van der Waals surface area contributed by atoms with Gasteiger partial charge in [0.25, 0.3) is 0 Å². The molecular weight excluding hydrogens is 273 g/mol. The fraction of sp³-hybridized carbons (Fsp3) is 0.929. The summed E-state index contributed by atoms with van der Waals surface area (Å²) in [6, 6.07) is 0. The highest BCUT2D eigenvalue weighted by Gasteiger charge is 2.60. The maximum Gasteiger partial charge on any atom is 0.428 e. The normalized spacial score (nSPS) is 30.9. The van der Waals surface area contributed by atoms with Gasteiger partial charge in [0.2, 0.25) is 5.60 Å². The standard InChI is InChI=1S/C14H23F3O3/c1-9(2)11(18)20-13(4,14(15,16)17)10-5-7-12(3,19)8-6-10/h9-10,19H,5-8H2,1-4H3/t10-,12-,13?. The van der Waals surface area contributed by atoms with Gasteiger partial charge >= 0.3 is 12.1 Å². The first-order chi connectivity index (χ1) is 8.89. The van der Waals surface area contributed by atoms with Gasteiger partial charge in [-0.3, -0.25) is 4.79 Å². The second kappa shape index (κ2) is 5.54. The van der Waals surface area contributed by atoms with Crippen molar-refractivity contribution in [3.63, 3.8) is 0 Å². The Morgan fingerprint density at radius 1 is 1.30 bits per heavy atom. The molecule has 118 valence electrons. The molecule has 3 nitrogen and oxygen atoms in total. The van der Waals surface area contributed by atoms with Crippen LogP contribution in [0, 0.1) is 11.8 Å². The minimum Gasteiger partial charge on any atom is -0.449 e. The molecule has 1 rings (SSSR count). The van der Waals surface area contributed by atoms with Gasteiger partial charge in [0.15, 0.2) is 0 Å². The molecule has 1 N–H and O–H groups in total. The van der Waals surface area contributed by atoms with Crippen LogP contribution in [0.4, 0.5) is 13.2 Å². The molecule has 1 saturated carbocycles. The molecule has 20 heavy (non-hydrogen) atoms. The van der Waals surface area contributed by atoms with Crippen molar-refractivity contribution in [2.45, 2.75) is 70.8 Å². The molecule has 0 spiro atoms. The number of alkyl halides is 3. The lowest BCUT2D eigenvalue weighted by molar-refractivity contribution is -0.287. The molecule has 6 heteroatoms. The molecule has 1 aliphatic carbocycles.